The van der Waals surface area contributed by atoms with E-state index < -0.39 is 22.7 Å². The Morgan fingerprint density at radius 2 is 1.83 bits per heavy atom. The number of likely N-dealkylation sites (tertiary alicyclic amines) is 1. The van der Waals surface area contributed by atoms with Crippen LogP contribution in [0, 0.1) is 17.0 Å². The zero-order valence-electron chi connectivity index (χ0n) is 15.8. The Morgan fingerprint density at radius 3 is 2.38 bits per heavy atom. The van der Waals surface area contributed by atoms with E-state index in [1.807, 2.05) is 18.4 Å². The number of aliphatic hydroxyl groups is 1. The zero-order valence-corrected chi connectivity index (χ0v) is 16.6. The maximum Gasteiger partial charge on any atom is 0.295 e. The van der Waals surface area contributed by atoms with Gasteiger partial charge in [0, 0.05) is 28.6 Å². The largest absolute Gasteiger partial charge is 0.507 e. The highest BCUT2D eigenvalue weighted by molar-refractivity contribution is 7.10. The first-order chi connectivity index (χ1) is 13.9. The molecule has 1 amide bonds. The first-order valence-corrected chi connectivity index (χ1v) is 10.4. The summed E-state index contributed by atoms with van der Waals surface area (Å²) >= 11 is 1.46. The molecule has 0 radical (unpaired) electrons. The highest BCUT2D eigenvalue weighted by Crippen LogP contribution is 2.45. The topological polar surface area (TPSA) is 101 Å². The Bertz CT molecular complexity index is 1020. The summed E-state index contributed by atoms with van der Waals surface area (Å²) < 4.78 is 0. The summed E-state index contributed by atoms with van der Waals surface area (Å²) in [6, 6.07) is 6.61. The second-order valence-corrected chi connectivity index (χ2v) is 8.36. The minimum absolute atomic E-state index is 0.0277. The average molecular weight is 412 g/mol. The molecule has 1 aromatic carbocycles. The Labute approximate surface area is 171 Å². The van der Waals surface area contributed by atoms with Gasteiger partial charge in [0.15, 0.2) is 0 Å². The summed E-state index contributed by atoms with van der Waals surface area (Å²) in [6.45, 7) is 1.92. The number of aliphatic hydroxyl groups excluding tert-OH is 1. The van der Waals surface area contributed by atoms with Gasteiger partial charge in [-0.05, 0) is 48.9 Å². The number of rotatable bonds is 4. The van der Waals surface area contributed by atoms with Gasteiger partial charge in [-0.1, -0.05) is 12.8 Å². The summed E-state index contributed by atoms with van der Waals surface area (Å²) in [5, 5.41) is 23.8. The molecule has 1 N–H and O–H groups in total. The quantitative estimate of drug-likeness (QED) is 0.265. The molecule has 0 spiro atoms. The number of ketones is 1. The molecule has 1 unspecified atom stereocenters. The van der Waals surface area contributed by atoms with Gasteiger partial charge in [0.05, 0.1) is 10.5 Å². The SMILES string of the molecule is Cc1ccsc1C1/C(=C(/O)c2ccc([N+](=O)[O-])cc2)C(=O)C(=O)N1C1CCCC1. The van der Waals surface area contributed by atoms with Gasteiger partial charge >= 0.3 is 0 Å². The van der Waals surface area contributed by atoms with Crippen molar-refractivity contribution in [2.24, 2.45) is 0 Å². The summed E-state index contributed by atoms with van der Waals surface area (Å²) in [5.74, 6) is -1.58. The van der Waals surface area contributed by atoms with Crippen LogP contribution < -0.4 is 0 Å². The third kappa shape index (κ3) is 3.23. The maximum atomic E-state index is 13.0. The highest BCUT2D eigenvalue weighted by Gasteiger charge is 2.50. The summed E-state index contributed by atoms with van der Waals surface area (Å²) in [4.78, 5) is 38.8. The molecule has 4 rings (SSSR count). The Kier molecular flexibility index (Phi) is 4.96. The lowest BCUT2D eigenvalue weighted by Crippen LogP contribution is -2.37. The van der Waals surface area contributed by atoms with Crippen LogP contribution in [0.15, 0.2) is 41.3 Å². The van der Waals surface area contributed by atoms with Crippen LogP contribution in [-0.4, -0.2) is 32.7 Å². The fourth-order valence-corrected chi connectivity index (χ4v) is 5.26. The number of non-ortho nitro benzene ring substituents is 1. The second-order valence-electron chi connectivity index (χ2n) is 7.42. The first kappa shape index (κ1) is 19.3. The Balaban J connectivity index is 1.85. The van der Waals surface area contributed by atoms with E-state index in [0.29, 0.717) is 0 Å². The van der Waals surface area contributed by atoms with Crippen molar-refractivity contribution in [3.8, 4) is 0 Å². The van der Waals surface area contributed by atoms with E-state index in [9.17, 15) is 24.8 Å². The summed E-state index contributed by atoms with van der Waals surface area (Å²) in [5.41, 5.74) is 1.18. The molecule has 29 heavy (non-hydrogen) atoms. The number of amides is 1. The van der Waals surface area contributed by atoms with Crippen molar-refractivity contribution in [2.45, 2.75) is 44.7 Å². The van der Waals surface area contributed by atoms with Gasteiger partial charge < -0.3 is 10.0 Å². The number of Topliss-reactive ketones (excluding diaryl/α,β-unsaturated/α-hetero) is 1. The Hall–Kier alpha value is -3.00. The normalized spacial score (nSPS) is 21.8. The number of aryl methyl sites for hydroxylation is 1. The van der Waals surface area contributed by atoms with E-state index in [1.165, 1.54) is 35.6 Å². The molecule has 1 saturated heterocycles. The lowest BCUT2D eigenvalue weighted by atomic mass is 9.97. The van der Waals surface area contributed by atoms with Gasteiger partial charge in [-0.15, -0.1) is 11.3 Å². The van der Waals surface area contributed by atoms with E-state index in [-0.39, 0.29) is 28.6 Å². The molecule has 150 valence electrons. The number of hydrogen-bond donors (Lipinski definition) is 1. The van der Waals surface area contributed by atoms with Gasteiger partial charge in [-0.2, -0.15) is 0 Å². The lowest BCUT2D eigenvalue weighted by Gasteiger charge is -2.30. The van der Waals surface area contributed by atoms with Gasteiger partial charge in [-0.25, -0.2) is 0 Å². The molecule has 1 saturated carbocycles. The number of nitro groups is 1. The molecule has 2 heterocycles. The standard InChI is InChI=1S/C21H20N2O5S/c1-12-10-11-29-20(12)17-16(18(24)13-6-8-15(9-7-13)23(27)28)19(25)21(26)22(17)14-4-2-3-5-14/h6-11,14,17,24H,2-5H2,1H3/b18-16-. The molecule has 2 aromatic rings. The number of carbonyl (C=O) groups is 2. The van der Waals surface area contributed by atoms with E-state index in [1.54, 1.807) is 4.90 Å². The van der Waals surface area contributed by atoms with Crippen molar-refractivity contribution in [2.75, 3.05) is 0 Å². The minimum atomic E-state index is -0.703. The maximum absolute atomic E-state index is 13.0. The van der Waals surface area contributed by atoms with Crippen LogP contribution in [0.2, 0.25) is 0 Å². The summed E-state index contributed by atoms with van der Waals surface area (Å²) in [6.07, 6.45) is 3.69. The van der Waals surface area contributed by atoms with Crippen LogP contribution in [0.4, 0.5) is 5.69 Å². The Morgan fingerprint density at radius 1 is 1.17 bits per heavy atom. The molecule has 2 aliphatic rings. The number of nitrogens with zero attached hydrogens (tertiary/aromatic N) is 2. The zero-order chi connectivity index (χ0) is 20.7. The van der Waals surface area contributed by atoms with Crippen LogP contribution >= 0.6 is 11.3 Å². The average Bonchev–Trinajstić information content (AvgIpc) is 3.43. The number of nitro benzene ring substituents is 1. The van der Waals surface area contributed by atoms with Crippen LogP contribution in [0.25, 0.3) is 5.76 Å². The van der Waals surface area contributed by atoms with Crippen molar-refractivity contribution < 1.29 is 19.6 Å². The fraction of sp³-hybridized carbons (Fsp3) is 0.333. The van der Waals surface area contributed by atoms with Gasteiger partial charge in [0.25, 0.3) is 17.4 Å². The van der Waals surface area contributed by atoms with Crippen LogP contribution in [0.5, 0.6) is 0 Å². The van der Waals surface area contributed by atoms with Crippen LogP contribution in [0.1, 0.15) is 47.7 Å². The molecule has 1 aliphatic heterocycles. The highest BCUT2D eigenvalue weighted by atomic mass is 32.1. The third-order valence-electron chi connectivity index (χ3n) is 5.70. The monoisotopic (exact) mass is 412 g/mol. The number of carbonyl (C=O) groups excluding carboxylic acids is 2. The molecule has 1 aliphatic carbocycles. The van der Waals surface area contributed by atoms with E-state index >= 15 is 0 Å². The predicted octanol–water partition coefficient (Wildman–Crippen LogP) is 4.33. The van der Waals surface area contributed by atoms with E-state index in [4.69, 9.17) is 0 Å². The van der Waals surface area contributed by atoms with Gasteiger partial charge in [0.1, 0.15) is 11.8 Å². The molecule has 1 atom stereocenters. The smallest absolute Gasteiger partial charge is 0.295 e. The molecule has 8 heteroatoms. The van der Waals surface area contributed by atoms with Gasteiger partial charge in [-0.3, -0.25) is 19.7 Å². The molecule has 7 nitrogen and oxygen atoms in total. The predicted molar refractivity (Wildman–Crippen MR) is 109 cm³/mol. The van der Waals surface area contributed by atoms with E-state index in [0.717, 1.165) is 36.1 Å². The second kappa shape index (κ2) is 7.44. The number of thiophene rings is 1. The molecule has 2 fully saturated rings. The van der Waals surface area contributed by atoms with Crippen molar-refractivity contribution in [1.82, 2.24) is 4.90 Å². The van der Waals surface area contributed by atoms with Crippen LogP contribution in [-0.2, 0) is 9.59 Å². The number of benzene rings is 1. The van der Waals surface area contributed by atoms with Gasteiger partial charge in [0.2, 0.25) is 0 Å². The molecular formula is C21H20N2O5S. The fourth-order valence-electron chi connectivity index (χ4n) is 4.23. The van der Waals surface area contributed by atoms with Crippen molar-refractivity contribution in [3.05, 3.63) is 67.4 Å². The van der Waals surface area contributed by atoms with Crippen LogP contribution in [0.3, 0.4) is 0 Å². The number of hydrogen-bond acceptors (Lipinski definition) is 6. The molecule has 0 bridgehead atoms. The van der Waals surface area contributed by atoms with E-state index in [2.05, 4.69) is 0 Å². The van der Waals surface area contributed by atoms with Crippen molar-refractivity contribution >= 4 is 34.5 Å². The summed E-state index contributed by atoms with van der Waals surface area (Å²) in [7, 11) is 0. The molecule has 1 aromatic heterocycles. The lowest BCUT2D eigenvalue weighted by molar-refractivity contribution is -0.384. The first-order valence-electron chi connectivity index (χ1n) is 9.49. The van der Waals surface area contributed by atoms with Crippen molar-refractivity contribution in [3.63, 3.8) is 0 Å². The van der Waals surface area contributed by atoms with Crippen molar-refractivity contribution in [1.29, 1.82) is 0 Å². The molecular weight excluding hydrogens is 392 g/mol. The third-order valence-corrected chi connectivity index (χ3v) is 6.77. The minimum Gasteiger partial charge on any atom is -0.507 e.